The van der Waals surface area contributed by atoms with Gasteiger partial charge in [0.05, 0.1) is 5.69 Å². The second-order valence-corrected chi connectivity index (χ2v) is 4.44. The van der Waals surface area contributed by atoms with Crippen molar-refractivity contribution >= 4 is 33.4 Å². The van der Waals surface area contributed by atoms with Crippen LogP contribution in [-0.2, 0) is 0 Å². The molecule has 2 rings (SSSR count). The molecule has 0 bridgehead atoms. The normalized spacial score (nSPS) is 10.2. The fourth-order valence-electron chi connectivity index (χ4n) is 1.44. The van der Waals surface area contributed by atoms with Gasteiger partial charge in [-0.05, 0) is 35.0 Å². The van der Waals surface area contributed by atoms with E-state index in [-0.39, 0.29) is 11.8 Å². The van der Waals surface area contributed by atoms with Gasteiger partial charge in [-0.3, -0.25) is 5.43 Å². The van der Waals surface area contributed by atoms with Crippen LogP contribution in [0.4, 0.5) is 21.8 Å². The Morgan fingerprint density at radius 2 is 2.11 bits per heavy atom. The van der Waals surface area contributed by atoms with E-state index in [0.29, 0.717) is 21.7 Å². The van der Waals surface area contributed by atoms with Gasteiger partial charge in [-0.15, -0.1) is 0 Å². The first-order chi connectivity index (χ1) is 8.60. The Balaban J connectivity index is 2.37. The Bertz CT molecular complexity index is 555. The molecule has 4 N–H and O–H groups in total. The minimum atomic E-state index is -0.372. The molecule has 5 nitrogen and oxygen atoms in total. The summed E-state index contributed by atoms with van der Waals surface area (Å²) in [5, 5.41) is 2.89. The Hall–Kier alpha value is -1.73. The number of nitrogens with zero attached hydrogens (tertiary/aromatic N) is 2. The maximum Gasteiger partial charge on any atom is 0.239 e. The van der Waals surface area contributed by atoms with Crippen LogP contribution < -0.4 is 16.6 Å². The Kier molecular flexibility index (Phi) is 3.73. The van der Waals surface area contributed by atoms with E-state index >= 15 is 0 Å². The number of anilines is 3. The summed E-state index contributed by atoms with van der Waals surface area (Å²) >= 11 is 3.27. The second kappa shape index (κ2) is 5.28. The van der Waals surface area contributed by atoms with Crippen LogP contribution in [0.15, 0.2) is 28.7 Å². The van der Waals surface area contributed by atoms with Crippen molar-refractivity contribution in [2.75, 3.05) is 10.7 Å². The summed E-state index contributed by atoms with van der Waals surface area (Å²) in [5.74, 6) is 5.61. The lowest BCUT2D eigenvalue weighted by Crippen LogP contribution is -2.12. The van der Waals surface area contributed by atoms with E-state index in [9.17, 15) is 4.39 Å². The average Bonchev–Trinajstić information content (AvgIpc) is 2.33. The van der Waals surface area contributed by atoms with E-state index in [0.717, 1.165) is 0 Å². The van der Waals surface area contributed by atoms with Crippen LogP contribution in [0.2, 0.25) is 0 Å². The van der Waals surface area contributed by atoms with E-state index in [1.165, 1.54) is 6.07 Å². The number of nitrogens with one attached hydrogen (secondary N) is 2. The monoisotopic (exact) mass is 311 g/mol. The third-order valence-corrected chi connectivity index (χ3v) is 2.86. The van der Waals surface area contributed by atoms with Crippen LogP contribution in [-0.4, -0.2) is 9.97 Å². The van der Waals surface area contributed by atoms with Gasteiger partial charge < -0.3 is 5.32 Å². The Morgan fingerprint density at radius 3 is 2.78 bits per heavy atom. The van der Waals surface area contributed by atoms with Crippen LogP contribution in [0.25, 0.3) is 0 Å². The summed E-state index contributed by atoms with van der Waals surface area (Å²) in [6.07, 6.45) is 0. The van der Waals surface area contributed by atoms with E-state index in [4.69, 9.17) is 5.84 Å². The third kappa shape index (κ3) is 2.74. The Labute approximate surface area is 112 Å². The maximum atomic E-state index is 13.6. The van der Waals surface area contributed by atoms with Gasteiger partial charge in [0, 0.05) is 16.2 Å². The lowest BCUT2D eigenvalue weighted by atomic mass is 10.3. The minimum absolute atomic E-state index is 0.268. The number of benzene rings is 1. The summed E-state index contributed by atoms with van der Waals surface area (Å²) in [6.45, 7) is 1.80. The van der Waals surface area contributed by atoms with Crippen molar-refractivity contribution in [3.05, 3.63) is 40.2 Å². The molecule has 0 aliphatic rings. The molecule has 0 fully saturated rings. The molecule has 1 aromatic heterocycles. The molecule has 0 unspecified atom stereocenters. The highest BCUT2D eigenvalue weighted by Crippen LogP contribution is 2.28. The predicted molar refractivity (Wildman–Crippen MR) is 72.0 cm³/mol. The topological polar surface area (TPSA) is 75.9 Å². The quantitative estimate of drug-likeness (QED) is 0.600. The average molecular weight is 312 g/mol. The first-order valence-electron chi connectivity index (χ1n) is 5.13. The van der Waals surface area contributed by atoms with Crippen molar-refractivity contribution in [2.45, 2.75) is 6.92 Å². The maximum absolute atomic E-state index is 13.6. The van der Waals surface area contributed by atoms with Gasteiger partial charge in [-0.25, -0.2) is 15.2 Å². The van der Waals surface area contributed by atoms with Crippen molar-refractivity contribution in [3.8, 4) is 0 Å². The number of nitrogens with two attached hydrogens (primary N) is 1. The number of aryl methyl sites for hydroxylation is 1. The van der Waals surface area contributed by atoms with Crippen LogP contribution in [0.3, 0.4) is 0 Å². The molecule has 0 spiro atoms. The number of hydrogen-bond donors (Lipinski definition) is 3. The molecule has 18 heavy (non-hydrogen) atoms. The Morgan fingerprint density at radius 1 is 1.33 bits per heavy atom. The van der Waals surface area contributed by atoms with Gasteiger partial charge >= 0.3 is 0 Å². The van der Waals surface area contributed by atoms with Gasteiger partial charge in [0.2, 0.25) is 5.95 Å². The summed E-state index contributed by atoms with van der Waals surface area (Å²) in [4.78, 5) is 8.13. The molecular weight excluding hydrogens is 301 g/mol. The number of nitrogen functional groups attached to an aromatic ring is 1. The lowest BCUT2D eigenvalue weighted by molar-refractivity contribution is 0.631. The molecule has 0 radical (unpaired) electrons. The molecule has 2 aromatic rings. The molecule has 1 heterocycles. The van der Waals surface area contributed by atoms with E-state index in [2.05, 4.69) is 36.6 Å². The summed E-state index contributed by atoms with van der Waals surface area (Å²) in [7, 11) is 0. The van der Waals surface area contributed by atoms with Crippen molar-refractivity contribution in [1.29, 1.82) is 0 Å². The summed E-state index contributed by atoms with van der Waals surface area (Å²) in [5.41, 5.74) is 3.39. The van der Waals surface area contributed by atoms with Crippen molar-refractivity contribution < 1.29 is 4.39 Å². The van der Waals surface area contributed by atoms with E-state index in [1.807, 2.05) is 0 Å². The van der Waals surface area contributed by atoms with Crippen LogP contribution in [0.1, 0.15) is 5.69 Å². The summed E-state index contributed by atoms with van der Waals surface area (Å²) in [6, 6.07) is 6.41. The van der Waals surface area contributed by atoms with Crippen LogP contribution in [0, 0.1) is 12.7 Å². The SMILES string of the molecule is Cc1cc(Nc2c(F)cccc2Br)nc(NN)n1. The van der Waals surface area contributed by atoms with Gasteiger partial charge in [0.15, 0.2) is 0 Å². The number of halogens is 2. The predicted octanol–water partition coefficient (Wildman–Crippen LogP) is 2.72. The summed E-state index contributed by atoms with van der Waals surface area (Å²) < 4.78 is 14.3. The molecule has 1 aromatic carbocycles. The smallest absolute Gasteiger partial charge is 0.239 e. The largest absolute Gasteiger partial charge is 0.337 e. The standard InChI is InChI=1S/C11H11BrFN5/c1-6-5-9(17-11(15-6)18-14)16-10-7(12)3-2-4-8(10)13/h2-5H,14H2,1H3,(H2,15,16,17,18). The van der Waals surface area contributed by atoms with Gasteiger partial charge in [0.1, 0.15) is 11.6 Å². The number of hydrazine groups is 1. The van der Waals surface area contributed by atoms with Crippen molar-refractivity contribution in [2.24, 2.45) is 5.84 Å². The molecular formula is C11H11BrFN5. The first-order valence-corrected chi connectivity index (χ1v) is 5.93. The first kappa shape index (κ1) is 12.7. The molecule has 0 saturated heterocycles. The van der Waals surface area contributed by atoms with Crippen LogP contribution >= 0.6 is 15.9 Å². The fourth-order valence-corrected chi connectivity index (χ4v) is 1.88. The highest BCUT2D eigenvalue weighted by molar-refractivity contribution is 9.10. The molecule has 0 amide bonds. The highest BCUT2D eigenvalue weighted by atomic mass is 79.9. The van der Waals surface area contributed by atoms with Gasteiger partial charge in [-0.1, -0.05) is 6.07 Å². The third-order valence-electron chi connectivity index (χ3n) is 2.20. The van der Waals surface area contributed by atoms with Crippen LogP contribution in [0.5, 0.6) is 0 Å². The molecule has 94 valence electrons. The van der Waals surface area contributed by atoms with E-state index in [1.54, 1.807) is 25.1 Å². The van der Waals surface area contributed by atoms with E-state index < -0.39 is 0 Å². The lowest BCUT2D eigenvalue weighted by Gasteiger charge is -2.10. The number of rotatable bonds is 3. The molecule has 0 saturated carbocycles. The zero-order valence-corrected chi connectivity index (χ0v) is 11.1. The number of para-hydroxylation sites is 1. The highest BCUT2D eigenvalue weighted by Gasteiger charge is 2.08. The zero-order valence-electron chi connectivity index (χ0n) is 9.54. The minimum Gasteiger partial charge on any atom is -0.337 e. The second-order valence-electron chi connectivity index (χ2n) is 3.58. The van der Waals surface area contributed by atoms with Crippen molar-refractivity contribution in [3.63, 3.8) is 0 Å². The van der Waals surface area contributed by atoms with Gasteiger partial charge in [0.25, 0.3) is 0 Å². The molecule has 0 atom stereocenters. The number of aromatic nitrogens is 2. The fraction of sp³-hybridized carbons (Fsp3) is 0.0909. The molecule has 7 heteroatoms. The zero-order chi connectivity index (χ0) is 13.1. The van der Waals surface area contributed by atoms with Crippen molar-refractivity contribution in [1.82, 2.24) is 9.97 Å². The molecule has 0 aliphatic carbocycles. The van der Waals surface area contributed by atoms with Gasteiger partial charge in [-0.2, -0.15) is 4.98 Å². The molecule has 0 aliphatic heterocycles. The number of hydrogen-bond acceptors (Lipinski definition) is 5.